The molecule has 8 nitrogen and oxygen atoms in total. The number of rotatable bonds is 10. The number of carbonyl (C=O) groups is 2. The number of halogens is 1. The second kappa shape index (κ2) is 9.57. The monoisotopic (exact) mass is 409 g/mol. The normalized spacial score (nSPS) is 13.4. The van der Waals surface area contributed by atoms with Gasteiger partial charge in [0, 0.05) is 17.4 Å². The molecule has 0 amide bonds. The number of benzene rings is 1. The van der Waals surface area contributed by atoms with E-state index in [9.17, 15) is 24.6 Å². The lowest BCUT2D eigenvalue weighted by Gasteiger charge is -2.21. The van der Waals surface area contributed by atoms with Gasteiger partial charge in [0.1, 0.15) is 12.1 Å². The summed E-state index contributed by atoms with van der Waals surface area (Å²) >= 11 is 5.96. The lowest BCUT2D eigenvalue weighted by Crippen LogP contribution is -2.50. The van der Waals surface area contributed by atoms with Crippen molar-refractivity contribution in [1.29, 1.82) is 0 Å². The van der Waals surface area contributed by atoms with E-state index in [2.05, 4.69) is 5.32 Å². The first-order valence-corrected chi connectivity index (χ1v) is 9.26. The van der Waals surface area contributed by atoms with Crippen molar-refractivity contribution in [2.45, 2.75) is 45.4 Å². The summed E-state index contributed by atoms with van der Waals surface area (Å²) in [5.74, 6) is -2.26. The van der Waals surface area contributed by atoms with Crippen molar-refractivity contribution in [3.63, 3.8) is 0 Å². The number of carboxylic acids is 2. The lowest BCUT2D eigenvalue weighted by atomic mass is 10.0. The summed E-state index contributed by atoms with van der Waals surface area (Å²) in [7, 11) is 0. The number of hydrogen-bond acceptors (Lipinski definition) is 4. The minimum Gasteiger partial charge on any atom is -0.480 e. The van der Waals surface area contributed by atoms with E-state index >= 15 is 0 Å². The van der Waals surface area contributed by atoms with Crippen LogP contribution in [0.3, 0.4) is 0 Å². The molecule has 0 radical (unpaired) electrons. The predicted molar refractivity (Wildman–Crippen MR) is 105 cm³/mol. The zero-order chi connectivity index (χ0) is 20.8. The van der Waals surface area contributed by atoms with Crippen LogP contribution in [0.5, 0.6) is 0 Å². The number of imidazole rings is 1. The van der Waals surface area contributed by atoms with Crippen molar-refractivity contribution < 1.29 is 19.8 Å². The molecule has 2 aromatic rings. The Morgan fingerprint density at radius 1 is 1.11 bits per heavy atom. The summed E-state index contributed by atoms with van der Waals surface area (Å²) in [5, 5.41) is 22.0. The summed E-state index contributed by atoms with van der Waals surface area (Å²) in [6.45, 7) is 3.82. The first-order valence-electron chi connectivity index (χ1n) is 8.89. The summed E-state index contributed by atoms with van der Waals surface area (Å²) < 4.78 is 2.69. The topological polar surface area (TPSA) is 114 Å². The number of hydrogen-bond donors (Lipinski definition) is 3. The van der Waals surface area contributed by atoms with Crippen molar-refractivity contribution in [2.75, 3.05) is 0 Å². The molecule has 3 N–H and O–H groups in total. The number of aliphatic carboxylic acids is 2. The molecular formula is C19H24ClN3O5. The van der Waals surface area contributed by atoms with Gasteiger partial charge in [-0.05, 0) is 30.0 Å². The van der Waals surface area contributed by atoms with E-state index in [1.54, 1.807) is 24.4 Å². The molecule has 1 aromatic heterocycles. The quantitative estimate of drug-likeness (QED) is 0.552. The van der Waals surface area contributed by atoms with Crippen LogP contribution in [0.2, 0.25) is 5.02 Å². The van der Waals surface area contributed by atoms with Crippen LogP contribution in [-0.2, 0) is 22.7 Å². The van der Waals surface area contributed by atoms with Crippen molar-refractivity contribution >= 4 is 23.5 Å². The minimum atomic E-state index is -1.22. The Balaban J connectivity index is 2.15. The highest BCUT2D eigenvalue weighted by atomic mass is 35.5. The molecule has 0 unspecified atom stereocenters. The highest BCUT2D eigenvalue weighted by Crippen LogP contribution is 2.11. The second-order valence-corrected chi connectivity index (χ2v) is 7.51. The Morgan fingerprint density at radius 3 is 2.32 bits per heavy atom. The van der Waals surface area contributed by atoms with Crippen LogP contribution < -0.4 is 11.0 Å². The van der Waals surface area contributed by atoms with Crippen LogP contribution in [0.25, 0.3) is 0 Å². The van der Waals surface area contributed by atoms with Gasteiger partial charge in [-0.15, -0.1) is 0 Å². The fraction of sp³-hybridized carbons (Fsp3) is 0.421. The smallest absolute Gasteiger partial charge is 0.328 e. The molecule has 0 saturated heterocycles. The zero-order valence-electron chi connectivity index (χ0n) is 15.7. The van der Waals surface area contributed by atoms with Gasteiger partial charge in [0.15, 0.2) is 0 Å². The van der Waals surface area contributed by atoms with E-state index in [-0.39, 0.29) is 24.6 Å². The Hall–Kier alpha value is -2.58. The average Bonchev–Trinajstić information content (AvgIpc) is 2.93. The molecule has 2 atom stereocenters. The highest BCUT2D eigenvalue weighted by Gasteiger charge is 2.27. The molecule has 0 aliphatic carbocycles. The van der Waals surface area contributed by atoms with Crippen molar-refractivity contribution in [3.05, 3.63) is 57.7 Å². The van der Waals surface area contributed by atoms with Crippen LogP contribution in [0.15, 0.2) is 41.5 Å². The number of nitrogens with zero attached hydrogens (tertiary/aromatic N) is 2. The molecular weight excluding hydrogens is 386 g/mol. The van der Waals surface area contributed by atoms with Gasteiger partial charge in [-0.25, -0.2) is 4.79 Å². The third-order valence-electron chi connectivity index (χ3n) is 4.24. The van der Waals surface area contributed by atoms with Gasteiger partial charge in [-0.3, -0.25) is 24.0 Å². The van der Waals surface area contributed by atoms with E-state index in [1.807, 2.05) is 19.9 Å². The Bertz CT molecular complexity index is 890. The Labute approximate surface area is 167 Å². The SMILES string of the molecule is CC(C)C[C@H](N[C@@H](Cn1ccn(Cc2cccc(Cl)c2)c1=O)C(=O)O)C(=O)O. The molecule has 0 fully saturated rings. The lowest BCUT2D eigenvalue weighted by molar-refractivity contribution is -0.143. The summed E-state index contributed by atoms with van der Waals surface area (Å²) in [4.78, 5) is 35.6. The van der Waals surface area contributed by atoms with Crippen LogP contribution in [0.4, 0.5) is 0 Å². The standard InChI is InChI=1S/C19H24ClN3O5/c1-12(2)8-15(17(24)25)21-16(18(26)27)11-23-7-6-22(19(23)28)10-13-4-3-5-14(20)9-13/h3-7,9,12,15-16,21H,8,10-11H2,1-2H3,(H,24,25)(H,26,27)/t15-,16-/m0/s1. The molecule has 0 spiro atoms. The molecule has 0 aliphatic rings. The first kappa shape index (κ1) is 21.7. The average molecular weight is 410 g/mol. The zero-order valence-corrected chi connectivity index (χ0v) is 16.5. The predicted octanol–water partition coefficient (Wildman–Crippen LogP) is 1.89. The Morgan fingerprint density at radius 2 is 1.75 bits per heavy atom. The van der Waals surface area contributed by atoms with Crippen molar-refractivity contribution in [2.24, 2.45) is 5.92 Å². The van der Waals surface area contributed by atoms with E-state index in [0.717, 1.165) is 5.56 Å². The molecule has 9 heteroatoms. The third-order valence-corrected chi connectivity index (χ3v) is 4.48. The van der Waals surface area contributed by atoms with Gasteiger partial charge < -0.3 is 10.2 Å². The molecule has 0 saturated carbocycles. The van der Waals surface area contributed by atoms with Crippen LogP contribution in [-0.4, -0.2) is 43.4 Å². The molecule has 2 rings (SSSR count). The highest BCUT2D eigenvalue weighted by molar-refractivity contribution is 6.30. The number of nitrogens with one attached hydrogen (secondary N) is 1. The van der Waals surface area contributed by atoms with Gasteiger partial charge >= 0.3 is 17.6 Å². The largest absolute Gasteiger partial charge is 0.480 e. The van der Waals surface area contributed by atoms with E-state index in [4.69, 9.17) is 11.6 Å². The van der Waals surface area contributed by atoms with Crippen LogP contribution in [0, 0.1) is 5.92 Å². The van der Waals surface area contributed by atoms with E-state index in [1.165, 1.54) is 15.3 Å². The molecule has 1 heterocycles. The van der Waals surface area contributed by atoms with Gasteiger partial charge in [-0.1, -0.05) is 37.6 Å². The van der Waals surface area contributed by atoms with Crippen molar-refractivity contribution in [3.8, 4) is 0 Å². The fourth-order valence-corrected chi connectivity index (χ4v) is 3.11. The van der Waals surface area contributed by atoms with Crippen LogP contribution in [0.1, 0.15) is 25.8 Å². The molecule has 0 aliphatic heterocycles. The first-order chi connectivity index (χ1) is 13.2. The van der Waals surface area contributed by atoms with E-state index in [0.29, 0.717) is 11.6 Å². The maximum absolute atomic E-state index is 12.6. The molecule has 0 bridgehead atoms. The molecule has 28 heavy (non-hydrogen) atoms. The molecule has 1 aromatic carbocycles. The van der Waals surface area contributed by atoms with Gasteiger partial charge in [0.2, 0.25) is 0 Å². The maximum Gasteiger partial charge on any atom is 0.328 e. The van der Waals surface area contributed by atoms with E-state index < -0.39 is 24.0 Å². The molecule has 152 valence electrons. The summed E-state index contributed by atoms with van der Waals surface area (Å²) in [6, 6.07) is 4.88. The minimum absolute atomic E-state index is 0.0737. The van der Waals surface area contributed by atoms with Crippen LogP contribution >= 0.6 is 11.6 Å². The van der Waals surface area contributed by atoms with Gasteiger partial charge in [0.05, 0.1) is 13.1 Å². The third kappa shape index (κ3) is 5.97. The maximum atomic E-state index is 12.6. The van der Waals surface area contributed by atoms with Gasteiger partial charge in [-0.2, -0.15) is 0 Å². The van der Waals surface area contributed by atoms with Gasteiger partial charge in [0.25, 0.3) is 0 Å². The Kier molecular flexibility index (Phi) is 7.42. The fourth-order valence-electron chi connectivity index (χ4n) is 2.90. The summed E-state index contributed by atoms with van der Waals surface area (Å²) in [6.07, 6.45) is 3.33. The van der Waals surface area contributed by atoms with Crippen molar-refractivity contribution in [1.82, 2.24) is 14.5 Å². The summed E-state index contributed by atoms with van der Waals surface area (Å²) in [5.41, 5.74) is 0.451. The number of aromatic nitrogens is 2. The number of carboxylic acid groups (broad SMARTS) is 2. The second-order valence-electron chi connectivity index (χ2n) is 7.07.